The molecule has 0 aliphatic heterocycles. The topological polar surface area (TPSA) is 49.3 Å². The molecule has 1 aromatic carbocycles. The van der Waals surface area contributed by atoms with Crippen molar-refractivity contribution in [2.75, 3.05) is 0 Å². The quantitative estimate of drug-likeness (QED) is 0.851. The smallest absolute Gasteiger partial charge is 0.408 e. The van der Waals surface area contributed by atoms with Gasteiger partial charge in [0, 0.05) is 4.88 Å². The van der Waals surface area contributed by atoms with E-state index in [1.807, 2.05) is 0 Å². The van der Waals surface area contributed by atoms with Crippen molar-refractivity contribution in [3.05, 3.63) is 58.3 Å². The summed E-state index contributed by atoms with van der Waals surface area (Å²) < 4.78 is 39.6. The fourth-order valence-corrected chi connectivity index (χ4v) is 2.87. The van der Waals surface area contributed by atoms with Gasteiger partial charge in [0.15, 0.2) is 0 Å². The van der Waals surface area contributed by atoms with E-state index in [1.54, 1.807) is 30.3 Å². The lowest BCUT2D eigenvalue weighted by Gasteiger charge is -2.24. The summed E-state index contributed by atoms with van der Waals surface area (Å²) in [6.07, 6.45) is -4.58. The van der Waals surface area contributed by atoms with Gasteiger partial charge in [0.05, 0.1) is 0 Å². The molecule has 0 saturated carbocycles. The molecule has 3 nitrogen and oxygen atoms in total. The number of alkyl halides is 3. The van der Waals surface area contributed by atoms with Crippen LogP contribution in [0.3, 0.4) is 0 Å². The normalized spacial score (nSPS) is 14.5. The Morgan fingerprint density at radius 3 is 2.36 bits per heavy atom. The molecule has 2 aromatic rings. The number of carbonyl (C=O) groups is 1. The zero-order chi connectivity index (χ0) is 16.2. The zero-order valence-corrected chi connectivity index (χ0v) is 12.2. The molecule has 0 aliphatic rings. The summed E-state index contributed by atoms with van der Waals surface area (Å²) in [7, 11) is 0. The molecule has 2 rings (SSSR count). The SMILES string of the molecule is O=C(O)[C@H](Cc1ccccc1)N[C@@H](c1cccs1)C(F)(F)F. The van der Waals surface area contributed by atoms with Gasteiger partial charge in [-0.2, -0.15) is 13.2 Å². The van der Waals surface area contributed by atoms with Gasteiger partial charge in [0.25, 0.3) is 0 Å². The van der Waals surface area contributed by atoms with E-state index in [9.17, 15) is 23.1 Å². The number of carboxylic acids is 1. The number of thiophene rings is 1. The molecular weight excluding hydrogens is 315 g/mol. The molecule has 0 fully saturated rings. The summed E-state index contributed by atoms with van der Waals surface area (Å²) in [4.78, 5) is 11.4. The molecule has 1 heterocycles. The van der Waals surface area contributed by atoms with Crippen LogP contribution >= 0.6 is 11.3 Å². The highest BCUT2D eigenvalue weighted by atomic mass is 32.1. The van der Waals surface area contributed by atoms with Crippen molar-refractivity contribution < 1.29 is 23.1 Å². The molecule has 0 radical (unpaired) electrons. The highest BCUT2D eigenvalue weighted by Gasteiger charge is 2.43. The standard InChI is InChI=1S/C15H14F3NO2S/c16-15(17,18)13(12-7-4-8-22-12)19-11(14(20)21)9-10-5-2-1-3-6-10/h1-8,11,13,19H,9H2,(H,20,21)/t11-,13-/m0/s1. The number of aliphatic carboxylic acids is 1. The molecule has 118 valence electrons. The molecule has 1 aromatic heterocycles. The van der Waals surface area contributed by atoms with Gasteiger partial charge in [-0.05, 0) is 23.4 Å². The van der Waals surface area contributed by atoms with Crippen LogP contribution in [-0.2, 0) is 11.2 Å². The van der Waals surface area contributed by atoms with Gasteiger partial charge in [-0.25, -0.2) is 0 Å². The van der Waals surface area contributed by atoms with Crippen molar-refractivity contribution >= 4 is 17.3 Å². The van der Waals surface area contributed by atoms with Crippen LogP contribution in [0.15, 0.2) is 47.8 Å². The number of hydrogen-bond acceptors (Lipinski definition) is 3. The highest BCUT2D eigenvalue weighted by molar-refractivity contribution is 7.10. The Balaban J connectivity index is 2.19. The number of rotatable bonds is 6. The summed E-state index contributed by atoms with van der Waals surface area (Å²) in [5.41, 5.74) is 0.662. The van der Waals surface area contributed by atoms with Crippen molar-refractivity contribution in [3.63, 3.8) is 0 Å². The van der Waals surface area contributed by atoms with Crippen molar-refractivity contribution in [2.24, 2.45) is 0 Å². The minimum Gasteiger partial charge on any atom is -0.480 e. The Morgan fingerprint density at radius 1 is 1.18 bits per heavy atom. The van der Waals surface area contributed by atoms with E-state index in [4.69, 9.17) is 0 Å². The third-order valence-corrected chi connectivity index (χ3v) is 4.04. The average Bonchev–Trinajstić information content (AvgIpc) is 2.96. The van der Waals surface area contributed by atoms with Gasteiger partial charge in [0.2, 0.25) is 0 Å². The van der Waals surface area contributed by atoms with Crippen molar-refractivity contribution in [1.82, 2.24) is 5.32 Å². The van der Waals surface area contributed by atoms with Crippen molar-refractivity contribution in [1.29, 1.82) is 0 Å². The van der Waals surface area contributed by atoms with Gasteiger partial charge in [-0.15, -0.1) is 11.3 Å². The van der Waals surface area contributed by atoms with Crippen LogP contribution in [0.1, 0.15) is 16.5 Å². The highest BCUT2D eigenvalue weighted by Crippen LogP contribution is 2.35. The van der Waals surface area contributed by atoms with Gasteiger partial charge >= 0.3 is 12.1 Å². The van der Waals surface area contributed by atoms with Gasteiger partial charge < -0.3 is 5.11 Å². The summed E-state index contributed by atoms with van der Waals surface area (Å²) in [5.74, 6) is -1.31. The third-order valence-electron chi connectivity index (χ3n) is 3.10. The van der Waals surface area contributed by atoms with Crippen LogP contribution in [0.25, 0.3) is 0 Å². The lowest BCUT2D eigenvalue weighted by atomic mass is 10.0. The minimum atomic E-state index is -4.56. The first-order valence-corrected chi connectivity index (χ1v) is 7.39. The summed E-state index contributed by atoms with van der Waals surface area (Å²) >= 11 is 0.942. The lowest BCUT2D eigenvalue weighted by Crippen LogP contribution is -2.45. The molecular formula is C15H14F3NO2S. The molecule has 0 amide bonds. The monoisotopic (exact) mass is 329 g/mol. The third kappa shape index (κ3) is 4.32. The second kappa shape index (κ2) is 6.93. The first-order chi connectivity index (χ1) is 10.4. The maximum atomic E-state index is 13.2. The van der Waals surface area contributed by atoms with Crippen LogP contribution in [0.2, 0.25) is 0 Å². The number of benzene rings is 1. The van der Waals surface area contributed by atoms with E-state index in [0.717, 1.165) is 11.3 Å². The number of nitrogens with one attached hydrogen (secondary N) is 1. The maximum absolute atomic E-state index is 13.2. The van der Waals surface area contributed by atoms with E-state index >= 15 is 0 Å². The van der Waals surface area contributed by atoms with Crippen LogP contribution < -0.4 is 5.32 Å². The molecule has 2 atom stereocenters. The van der Waals surface area contributed by atoms with E-state index in [1.165, 1.54) is 17.5 Å². The lowest BCUT2D eigenvalue weighted by molar-refractivity contribution is -0.162. The van der Waals surface area contributed by atoms with Crippen molar-refractivity contribution in [2.45, 2.75) is 24.7 Å². The molecule has 7 heteroatoms. The van der Waals surface area contributed by atoms with E-state index < -0.39 is 24.2 Å². The Labute approximate surface area is 129 Å². The van der Waals surface area contributed by atoms with Gasteiger partial charge in [-0.1, -0.05) is 36.4 Å². The van der Waals surface area contributed by atoms with Crippen LogP contribution in [-0.4, -0.2) is 23.3 Å². The Kier molecular flexibility index (Phi) is 5.20. The van der Waals surface area contributed by atoms with Crippen LogP contribution in [0.4, 0.5) is 13.2 Å². The number of halogens is 3. The second-order valence-electron chi connectivity index (χ2n) is 4.74. The zero-order valence-electron chi connectivity index (χ0n) is 11.4. The molecule has 2 N–H and O–H groups in total. The molecule has 22 heavy (non-hydrogen) atoms. The first kappa shape index (κ1) is 16.5. The molecule has 0 spiro atoms. The Morgan fingerprint density at radius 2 is 1.86 bits per heavy atom. The predicted molar refractivity (Wildman–Crippen MR) is 77.8 cm³/mol. The van der Waals surface area contributed by atoms with E-state index in [0.29, 0.717) is 5.56 Å². The number of hydrogen-bond donors (Lipinski definition) is 2. The van der Waals surface area contributed by atoms with Crippen LogP contribution in [0.5, 0.6) is 0 Å². The Hall–Kier alpha value is -1.86. The first-order valence-electron chi connectivity index (χ1n) is 6.51. The van der Waals surface area contributed by atoms with Gasteiger partial charge in [0.1, 0.15) is 12.1 Å². The summed E-state index contributed by atoms with van der Waals surface area (Å²) in [6, 6.07) is 8.11. The second-order valence-corrected chi connectivity index (χ2v) is 5.72. The van der Waals surface area contributed by atoms with Gasteiger partial charge in [-0.3, -0.25) is 10.1 Å². The molecule has 0 aliphatic carbocycles. The maximum Gasteiger partial charge on any atom is 0.408 e. The summed E-state index contributed by atoms with van der Waals surface area (Å²) in [6.45, 7) is 0. The largest absolute Gasteiger partial charge is 0.480 e. The molecule has 0 unspecified atom stereocenters. The van der Waals surface area contributed by atoms with E-state index in [2.05, 4.69) is 5.32 Å². The van der Waals surface area contributed by atoms with Crippen molar-refractivity contribution in [3.8, 4) is 0 Å². The number of carboxylic acid groups (broad SMARTS) is 1. The fourth-order valence-electron chi connectivity index (χ4n) is 2.06. The fraction of sp³-hybridized carbons (Fsp3) is 0.267. The Bertz CT molecular complexity index is 599. The average molecular weight is 329 g/mol. The molecule has 0 saturated heterocycles. The summed E-state index contributed by atoms with van der Waals surface area (Å²) in [5, 5.41) is 13.0. The predicted octanol–water partition coefficient (Wildman–Crippen LogP) is 3.64. The molecule has 0 bridgehead atoms. The van der Waals surface area contributed by atoms with E-state index in [-0.39, 0.29) is 11.3 Å². The minimum absolute atomic E-state index is 0.0197. The van der Waals surface area contributed by atoms with Crippen LogP contribution in [0, 0.1) is 0 Å².